The quantitative estimate of drug-likeness (QED) is 0.0291. The molecule has 26 heteroatoms. The number of amides is 1. The van der Waals surface area contributed by atoms with Crippen LogP contribution in [0.4, 0.5) is 0 Å². The Balaban J connectivity index is -0.000000540. The van der Waals surface area contributed by atoms with Gasteiger partial charge in [-0.1, -0.05) is 71.1 Å². The molecule has 0 aromatic rings. The number of rotatable bonds is 41. The van der Waals surface area contributed by atoms with Gasteiger partial charge in [-0.3, -0.25) is 32.1 Å². The van der Waals surface area contributed by atoms with Crippen LogP contribution in [-0.4, -0.2) is 182 Å². The Morgan fingerprint density at radius 3 is 1.34 bits per heavy atom. The summed E-state index contributed by atoms with van der Waals surface area (Å²) < 4.78 is 0. The second-order valence-electron chi connectivity index (χ2n) is 14.1. The third kappa shape index (κ3) is 55.3. The van der Waals surface area contributed by atoms with Gasteiger partial charge in [0.05, 0.1) is 30.0 Å². The van der Waals surface area contributed by atoms with Gasteiger partial charge in [-0.15, -0.1) is 13.1 Å². The molecule has 340 valence electrons. The Labute approximate surface area is 513 Å². The fraction of sp³-hybridized carbons (Fsp3) is 0.816. The molecule has 1 amide bonds. The van der Waals surface area contributed by atoms with E-state index in [0.717, 1.165) is 56.3 Å². The van der Waals surface area contributed by atoms with Crippen LogP contribution in [-0.2, 0) is 33.6 Å². The van der Waals surface area contributed by atoms with E-state index in [9.17, 15) is 59.1 Å². The first kappa shape index (κ1) is 86.2. The van der Waals surface area contributed by atoms with Crippen molar-refractivity contribution in [3.8, 4) is 0 Å². The third-order valence-electron chi connectivity index (χ3n) is 9.27. The topological polar surface area (TPSA) is 329 Å². The summed E-state index contributed by atoms with van der Waals surface area (Å²) in [6.45, 7) is 1.36. The molecule has 20 nitrogen and oxygen atoms in total. The van der Waals surface area contributed by atoms with Gasteiger partial charge in [-0.2, -0.15) is 0 Å². The molecule has 0 radical (unpaired) electrons. The number of nitrogens with zero attached hydrogens (tertiary/aromatic N) is 4. The first-order valence-electron chi connectivity index (χ1n) is 19.9. The van der Waals surface area contributed by atoms with E-state index >= 15 is 0 Å². The Kier molecular flexibility index (Phi) is 80.4. The molecule has 0 rings (SSSR count). The molecule has 0 aliphatic rings. The number of hydrogen-bond acceptors (Lipinski definition) is 19. The number of carboxylic acids is 4. The van der Waals surface area contributed by atoms with Crippen molar-refractivity contribution >= 4 is 42.4 Å². The minimum absolute atomic E-state index is 0. The van der Waals surface area contributed by atoms with Gasteiger partial charge in [0.15, 0.2) is 0 Å². The van der Waals surface area contributed by atoms with Crippen molar-refractivity contribution in [2.24, 2.45) is 0 Å². The molecule has 2 unspecified atom stereocenters. The van der Waals surface area contributed by atoms with Crippen molar-refractivity contribution in [2.45, 2.75) is 109 Å². The van der Waals surface area contributed by atoms with E-state index < -0.39 is 49.6 Å². The summed E-state index contributed by atoms with van der Waals surface area (Å²) >= 11 is 0. The summed E-state index contributed by atoms with van der Waals surface area (Å²) in [7, 11) is 0. The van der Waals surface area contributed by atoms with E-state index in [1.54, 1.807) is 17.5 Å². The van der Waals surface area contributed by atoms with Crippen LogP contribution in [0.25, 0.3) is 0 Å². The van der Waals surface area contributed by atoms with Crippen molar-refractivity contribution in [3.63, 3.8) is 0 Å². The molecule has 0 spiro atoms. The second-order valence-corrected chi connectivity index (χ2v) is 14.1. The molecule has 64 heavy (non-hydrogen) atoms. The number of carbonyl (C=O) groups excluding carboxylic acids is 7. The maximum Gasteiger partial charge on any atom is 1.00 e. The van der Waals surface area contributed by atoms with Crippen LogP contribution in [0.1, 0.15) is 96.8 Å². The predicted molar refractivity (Wildman–Crippen MR) is 202 cm³/mol. The van der Waals surface area contributed by atoms with Crippen molar-refractivity contribution in [1.29, 1.82) is 0 Å². The smallest absolute Gasteiger partial charge is 0.870 e. The SMILES string of the molecule is CCCCCCCCC(O)C(CCCCCCCC(=O)NCCN(CCN(CC(=O)[O-])CC(=O)[O-])CC(=O)[O-])NCCN(CCN(C[C-]=O)C[C-]=O)CC(=O)[O-].[Na+].[Na+].[Na+].[Na+].[Na+].[Na+].[OH-].[OH-]. The van der Waals surface area contributed by atoms with Crippen LogP contribution in [0.15, 0.2) is 0 Å². The van der Waals surface area contributed by atoms with Gasteiger partial charge < -0.3 is 80.8 Å². The van der Waals surface area contributed by atoms with Gasteiger partial charge in [-0.05, 0) is 19.3 Å². The van der Waals surface area contributed by atoms with Gasteiger partial charge in [0.2, 0.25) is 5.91 Å². The zero-order valence-electron chi connectivity index (χ0n) is 40.1. The number of unbranched alkanes of at least 4 members (excludes halogenated alkanes) is 9. The standard InChI is InChI=1S/C38H68N6O12.6Na.2H2O/c1-2-3-4-5-8-11-14-33(47)32(39-16-18-42(28-35(49)50)21-20-41(24-26-45)25-27-46)13-10-7-6-9-12-15-34(48)40-17-19-43(29-36(51)52)22-23-44(30-37(53)54)31-38(55)56;;;;;;;;/h32-33,39,47H,2-25,28-31H2,1H3,(H,40,48)(H,49,50)(H,51,52)(H,53,54)(H,55,56);;;;;;;2*1H2/q-2;6*+1;;/p-6. The van der Waals surface area contributed by atoms with E-state index in [4.69, 9.17) is 0 Å². The first-order chi connectivity index (χ1) is 26.8. The number of nitrogens with one attached hydrogen (secondary N) is 2. The van der Waals surface area contributed by atoms with Crippen molar-refractivity contribution < 1.29 is 247 Å². The third-order valence-corrected chi connectivity index (χ3v) is 9.27. The second kappa shape index (κ2) is 59.7. The molecular formula is C38H66N6Na6O14-2. The van der Waals surface area contributed by atoms with E-state index in [1.165, 1.54) is 22.6 Å². The molecule has 0 saturated heterocycles. The predicted octanol–water partition coefficient (Wildman–Crippen LogP) is -23.0. The Hall–Kier alpha value is 2.37. The molecule has 2 atom stereocenters. The largest absolute Gasteiger partial charge is 1.00 e. The molecule has 0 aromatic heterocycles. The average molecular weight is 969 g/mol. The summed E-state index contributed by atoms with van der Waals surface area (Å²) in [4.78, 5) is 83.9. The van der Waals surface area contributed by atoms with Crippen LogP contribution in [0.2, 0.25) is 0 Å². The maximum atomic E-state index is 12.4. The number of aliphatic hydroxyl groups is 1. The number of hydrogen-bond donors (Lipinski definition) is 3. The van der Waals surface area contributed by atoms with E-state index in [2.05, 4.69) is 17.6 Å². The summed E-state index contributed by atoms with van der Waals surface area (Å²) in [6, 6.07) is -0.199. The molecule has 0 saturated carbocycles. The number of carbonyl (C=O) groups is 5. The normalized spacial score (nSPS) is 11.0. The van der Waals surface area contributed by atoms with Crippen LogP contribution >= 0.6 is 0 Å². The zero-order chi connectivity index (χ0) is 42.0. The minimum Gasteiger partial charge on any atom is -0.870 e. The Morgan fingerprint density at radius 2 is 0.891 bits per heavy atom. The molecule has 0 heterocycles. The number of aliphatic carboxylic acids is 4. The fourth-order valence-electron chi connectivity index (χ4n) is 6.24. The van der Waals surface area contributed by atoms with Crippen LogP contribution in [0.5, 0.6) is 0 Å². The van der Waals surface area contributed by atoms with Gasteiger partial charge in [0, 0.05) is 91.0 Å². The molecule has 5 N–H and O–H groups in total. The number of carboxylic acid groups (broad SMARTS) is 4. The van der Waals surface area contributed by atoms with Gasteiger partial charge in [0.25, 0.3) is 0 Å². The first-order valence-corrected chi connectivity index (χ1v) is 19.9. The Morgan fingerprint density at radius 1 is 0.516 bits per heavy atom. The number of aliphatic hydroxyl groups excluding tert-OH is 1. The summed E-state index contributed by atoms with van der Waals surface area (Å²) in [5, 5.41) is 61.6. The van der Waals surface area contributed by atoms with E-state index in [0.29, 0.717) is 32.4 Å². The van der Waals surface area contributed by atoms with E-state index in [1.807, 2.05) is 0 Å². The molecular weight excluding hydrogens is 902 g/mol. The summed E-state index contributed by atoms with van der Waals surface area (Å²) in [5.74, 6) is -5.80. The fourth-order valence-corrected chi connectivity index (χ4v) is 6.24. The Bertz CT molecular complexity index is 1120. The summed E-state index contributed by atoms with van der Waals surface area (Å²) in [6.07, 6.45) is 15.1. The van der Waals surface area contributed by atoms with Crippen LogP contribution in [0.3, 0.4) is 0 Å². The molecule has 0 aliphatic heterocycles. The molecule has 0 bridgehead atoms. The van der Waals surface area contributed by atoms with Gasteiger partial charge in [0.1, 0.15) is 0 Å². The maximum absolute atomic E-state index is 12.4. The van der Waals surface area contributed by atoms with E-state index in [-0.39, 0.29) is 266 Å². The zero-order valence-corrected chi connectivity index (χ0v) is 52.1. The monoisotopic (exact) mass is 968 g/mol. The average Bonchev–Trinajstić information content (AvgIpc) is 3.11. The van der Waals surface area contributed by atoms with Crippen molar-refractivity contribution in [3.05, 3.63) is 0 Å². The molecule has 0 aromatic carbocycles. The van der Waals surface area contributed by atoms with Crippen LogP contribution < -0.4 is 208 Å². The summed E-state index contributed by atoms with van der Waals surface area (Å²) in [5.41, 5.74) is 0. The van der Waals surface area contributed by atoms with Crippen molar-refractivity contribution in [1.82, 2.24) is 30.2 Å². The van der Waals surface area contributed by atoms with Gasteiger partial charge >= 0.3 is 177 Å². The van der Waals surface area contributed by atoms with Gasteiger partial charge in [-0.25, -0.2) is 0 Å². The molecule has 0 fully saturated rings. The van der Waals surface area contributed by atoms with Crippen LogP contribution in [0, 0.1) is 0 Å². The molecule has 0 aliphatic carbocycles. The minimum atomic E-state index is -1.49. The van der Waals surface area contributed by atoms with Crippen molar-refractivity contribution in [2.75, 3.05) is 91.6 Å².